The minimum atomic E-state index is -0.771. The third kappa shape index (κ3) is 50.7. The normalized spacial score (nSPS) is 12.1. The van der Waals surface area contributed by atoms with E-state index in [1.807, 2.05) is 0 Å². The van der Waals surface area contributed by atoms with Crippen molar-refractivity contribution in [2.45, 2.75) is 309 Å². The molecule has 0 saturated heterocycles. The molecular weight excluding hydrogens is 781 g/mol. The Morgan fingerprint density at radius 3 is 0.810 bits per heavy atom. The molecule has 1 atom stereocenters. The number of esters is 3. The van der Waals surface area contributed by atoms with Crippen LogP contribution in [0.5, 0.6) is 0 Å². The highest BCUT2D eigenvalue weighted by molar-refractivity contribution is 5.71. The molecule has 0 heterocycles. The molecule has 0 fully saturated rings. The Morgan fingerprint density at radius 1 is 0.302 bits per heavy atom. The minimum Gasteiger partial charge on any atom is -0.462 e. The van der Waals surface area contributed by atoms with E-state index in [-0.39, 0.29) is 31.1 Å². The van der Waals surface area contributed by atoms with E-state index in [9.17, 15) is 14.4 Å². The summed E-state index contributed by atoms with van der Waals surface area (Å²) in [5.41, 5.74) is 0. The largest absolute Gasteiger partial charge is 0.462 e. The molecular formula is C57H106O6. The molecule has 0 aromatic heterocycles. The van der Waals surface area contributed by atoms with Crippen LogP contribution >= 0.6 is 0 Å². The second-order valence-electron chi connectivity index (χ2n) is 18.8. The summed E-state index contributed by atoms with van der Waals surface area (Å²) < 4.78 is 16.8. The van der Waals surface area contributed by atoms with E-state index in [0.717, 1.165) is 57.8 Å². The first-order chi connectivity index (χ1) is 31.0. The van der Waals surface area contributed by atoms with Crippen molar-refractivity contribution >= 4 is 17.9 Å². The maximum Gasteiger partial charge on any atom is 0.306 e. The molecule has 0 radical (unpaired) electrons. The van der Waals surface area contributed by atoms with Gasteiger partial charge in [0, 0.05) is 19.3 Å². The SMILES string of the molecule is CCCCCC/C=C\CCCCCCCCCC(=O)O[C@H](COC(=O)CCCCCCCCC/C=C\CCCCCCCC)COC(=O)CCCCCCCCCCCCCCC. The molecule has 0 bridgehead atoms. The molecule has 0 spiro atoms. The topological polar surface area (TPSA) is 78.9 Å². The standard InChI is InChI=1S/C57H106O6/c1-4-7-10-13-16-19-22-25-27-28-30-32-35-38-41-44-47-50-56(59)62-53-54(52-61-55(58)49-46-43-40-37-34-31-24-21-18-15-12-9-6-3)63-57(60)51-48-45-42-39-36-33-29-26-23-20-17-14-11-8-5-2/h20,23,25,27,54H,4-19,21-22,24,26,28-53H2,1-3H3/b23-20-,27-25-/t54-/m0/s1. The third-order valence-corrected chi connectivity index (χ3v) is 12.4. The smallest absolute Gasteiger partial charge is 0.306 e. The Kier molecular flexibility index (Phi) is 50.8. The molecule has 0 N–H and O–H groups in total. The lowest BCUT2D eigenvalue weighted by molar-refractivity contribution is -0.167. The van der Waals surface area contributed by atoms with Crippen LogP contribution in [-0.2, 0) is 28.6 Å². The second kappa shape index (κ2) is 52.5. The highest BCUT2D eigenvalue weighted by atomic mass is 16.6. The molecule has 0 unspecified atom stereocenters. The van der Waals surface area contributed by atoms with Crippen molar-refractivity contribution in [3.63, 3.8) is 0 Å². The van der Waals surface area contributed by atoms with Crippen molar-refractivity contribution in [1.82, 2.24) is 0 Å². The quantitative estimate of drug-likeness (QED) is 0.0262. The van der Waals surface area contributed by atoms with Crippen LogP contribution in [0.2, 0.25) is 0 Å². The molecule has 0 aromatic carbocycles. The van der Waals surface area contributed by atoms with Gasteiger partial charge in [-0.05, 0) is 70.6 Å². The van der Waals surface area contributed by atoms with Gasteiger partial charge in [0.25, 0.3) is 0 Å². The van der Waals surface area contributed by atoms with E-state index in [2.05, 4.69) is 45.1 Å². The fourth-order valence-electron chi connectivity index (χ4n) is 8.20. The van der Waals surface area contributed by atoms with Gasteiger partial charge >= 0.3 is 17.9 Å². The number of carbonyl (C=O) groups is 3. The average molecular weight is 887 g/mol. The zero-order valence-electron chi connectivity index (χ0n) is 42.4. The first kappa shape index (κ1) is 60.9. The van der Waals surface area contributed by atoms with Crippen molar-refractivity contribution < 1.29 is 28.6 Å². The molecule has 63 heavy (non-hydrogen) atoms. The van der Waals surface area contributed by atoms with E-state index in [1.54, 1.807) is 0 Å². The molecule has 6 nitrogen and oxygen atoms in total. The lowest BCUT2D eigenvalue weighted by atomic mass is 10.0. The van der Waals surface area contributed by atoms with Crippen molar-refractivity contribution in [2.24, 2.45) is 0 Å². The van der Waals surface area contributed by atoms with Gasteiger partial charge in [-0.15, -0.1) is 0 Å². The second-order valence-corrected chi connectivity index (χ2v) is 18.8. The zero-order chi connectivity index (χ0) is 45.8. The molecule has 0 amide bonds. The number of carbonyl (C=O) groups excluding carboxylic acids is 3. The number of rotatable bonds is 51. The van der Waals surface area contributed by atoms with Crippen LogP contribution in [0.1, 0.15) is 303 Å². The summed E-state index contributed by atoms with van der Waals surface area (Å²) in [6, 6.07) is 0. The monoisotopic (exact) mass is 887 g/mol. The van der Waals surface area contributed by atoms with Crippen LogP contribution in [0.15, 0.2) is 24.3 Å². The van der Waals surface area contributed by atoms with Gasteiger partial charge in [0.15, 0.2) is 6.10 Å². The number of unbranched alkanes of at least 4 members (excludes halogenated alkanes) is 36. The van der Waals surface area contributed by atoms with Gasteiger partial charge < -0.3 is 14.2 Å². The van der Waals surface area contributed by atoms with Crippen LogP contribution in [0.25, 0.3) is 0 Å². The number of hydrogen-bond donors (Lipinski definition) is 0. The fraction of sp³-hybridized carbons (Fsp3) is 0.877. The van der Waals surface area contributed by atoms with Gasteiger partial charge in [-0.3, -0.25) is 14.4 Å². The van der Waals surface area contributed by atoms with Crippen molar-refractivity contribution in [3.8, 4) is 0 Å². The third-order valence-electron chi connectivity index (χ3n) is 12.4. The first-order valence-electron chi connectivity index (χ1n) is 27.8. The Bertz CT molecular complexity index is 1020. The predicted molar refractivity (Wildman–Crippen MR) is 270 cm³/mol. The van der Waals surface area contributed by atoms with Crippen LogP contribution in [0, 0.1) is 0 Å². The highest BCUT2D eigenvalue weighted by Gasteiger charge is 2.19. The summed E-state index contributed by atoms with van der Waals surface area (Å²) in [7, 11) is 0. The van der Waals surface area contributed by atoms with Crippen molar-refractivity contribution in [3.05, 3.63) is 24.3 Å². The van der Waals surface area contributed by atoms with Gasteiger partial charge in [0.05, 0.1) is 0 Å². The summed E-state index contributed by atoms with van der Waals surface area (Å²) >= 11 is 0. The van der Waals surface area contributed by atoms with Gasteiger partial charge in [0.2, 0.25) is 0 Å². The van der Waals surface area contributed by atoms with E-state index < -0.39 is 6.10 Å². The van der Waals surface area contributed by atoms with Gasteiger partial charge in [-0.2, -0.15) is 0 Å². The van der Waals surface area contributed by atoms with Crippen LogP contribution in [0.3, 0.4) is 0 Å². The molecule has 370 valence electrons. The lowest BCUT2D eigenvalue weighted by Crippen LogP contribution is -2.30. The highest BCUT2D eigenvalue weighted by Crippen LogP contribution is 2.16. The van der Waals surface area contributed by atoms with Crippen molar-refractivity contribution in [1.29, 1.82) is 0 Å². The number of hydrogen-bond acceptors (Lipinski definition) is 6. The molecule has 0 saturated carbocycles. The zero-order valence-corrected chi connectivity index (χ0v) is 42.4. The van der Waals surface area contributed by atoms with Crippen LogP contribution < -0.4 is 0 Å². The number of allylic oxidation sites excluding steroid dienone is 4. The summed E-state index contributed by atoms with van der Waals surface area (Å²) in [5, 5.41) is 0. The van der Waals surface area contributed by atoms with Crippen LogP contribution in [-0.4, -0.2) is 37.2 Å². The molecule has 0 rings (SSSR count). The number of ether oxygens (including phenoxy) is 3. The van der Waals surface area contributed by atoms with E-state index in [4.69, 9.17) is 14.2 Å². The van der Waals surface area contributed by atoms with E-state index in [1.165, 1.54) is 205 Å². The lowest BCUT2D eigenvalue weighted by Gasteiger charge is -2.18. The summed E-state index contributed by atoms with van der Waals surface area (Å²) in [6.45, 7) is 6.65. The van der Waals surface area contributed by atoms with Gasteiger partial charge in [0.1, 0.15) is 13.2 Å². The molecule has 0 aliphatic rings. The molecule has 0 aromatic rings. The molecule has 6 heteroatoms. The first-order valence-corrected chi connectivity index (χ1v) is 27.8. The Hall–Kier alpha value is -2.11. The van der Waals surface area contributed by atoms with Crippen LogP contribution in [0.4, 0.5) is 0 Å². The Labute approximate surface area is 392 Å². The maximum atomic E-state index is 12.8. The summed E-state index contributed by atoms with van der Waals surface area (Å²) in [6.07, 6.45) is 60.1. The average Bonchev–Trinajstić information content (AvgIpc) is 3.28. The maximum absolute atomic E-state index is 12.8. The summed E-state index contributed by atoms with van der Waals surface area (Å²) in [4.78, 5) is 38.1. The molecule has 0 aliphatic heterocycles. The predicted octanol–water partition coefficient (Wildman–Crippen LogP) is 18.3. The van der Waals surface area contributed by atoms with Crippen molar-refractivity contribution in [2.75, 3.05) is 13.2 Å². The van der Waals surface area contributed by atoms with E-state index in [0.29, 0.717) is 19.3 Å². The van der Waals surface area contributed by atoms with E-state index >= 15 is 0 Å². The fourth-order valence-corrected chi connectivity index (χ4v) is 8.20. The van der Waals surface area contributed by atoms with Gasteiger partial charge in [-0.25, -0.2) is 0 Å². The molecule has 0 aliphatic carbocycles. The minimum absolute atomic E-state index is 0.0702. The summed E-state index contributed by atoms with van der Waals surface area (Å²) in [5.74, 6) is -0.862. The Balaban J connectivity index is 4.34. The Morgan fingerprint density at radius 2 is 0.524 bits per heavy atom. The van der Waals surface area contributed by atoms with Gasteiger partial charge in [-0.1, -0.05) is 238 Å².